The van der Waals surface area contributed by atoms with Crippen molar-refractivity contribution in [3.63, 3.8) is 0 Å². The Morgan fingerprint density at radius 3 is 2.60 bits per heavy atom. The van der Waals surface area contributed by atoms with Crippen molar-refractivity contribution >= 4 is 57.7 Å². The molecular formula is C29H35N5O5S. The number of thiophene rings is 1. The van der Waals surface area contributed by atoms with Gasteiger partial charge in [0, 0.05) is 45.2 Å². The van der Waals surface area contributed by atoms with Crippen molar-refractivity contribution in [3.8, 4) is 0 Å². The van der Waals surface area contributed by atoms with E-state index in [1.54, 1.807) is 24.1 Å². The van der Waals surface area contributed by atoms with Crippen LogP contribution in [0, 0.1) is 5.92 Å². The van der Waals surface area contributed by atoms with Gasteiger partial charge in [-0.15, -0.1) is 11.3 Å². The van der Waals surface area contributed by atoms with Crippen molar-refractivity contribution in [2.75, 3.05) is 37.5 Å². The van der Waals surface area contributed by atoms with Gasteiger partial charge in [-0.05, 0) is 61.9 Å². The second kappa shape index (κ2) is 12.2. The first-order valence-electron chi connectivity index (χ1n) is 13.9. The van der Waals surface area contributed by atoms with Crippen LogP contribution in [-0.2, 0) is 20.9 Å². The number of carbonyl (C=O) groups excluding carboxylic acids is 4. The lowest BCUT2D eigenvalue weighted by atomic mass is 10.0. The Morgan fingerprint density at radius 2 is 1.88 bits per heavy atom. The van der Waals surface area contributed by atoms with E-state index >= 15 is 0 Å². The number of nitrogens with zero attached hydrogens (tertiary/aromatic N) is 4. The first kappa shape index (κ1) is 27.8. The van der Waals surface area contributed by atoms with Gasteiger partial charge in [0.2, 0.25) is 17.8 Å². The number of imidazole rings is 1. The third-order valence-corrected chi connectivity index (χ3v) is 8.92. The number of carbonyl (C=O) groups is 4. The Balaban J connectivity index is 1.38. The average molecular weight is 566 g/mol. The number of aromatic nitrogens is 2. The molecule has 0 radical (unpaired) electrons. The van der Waals surface area contributed by atoms with Gasteiger partial charge >= 0.3 is 5.97 Å². The summed E-state index contributed by atoms with van der Waals surface area (Å²) in [5.74, 6) is 0.228. The number of ether oxygens (including phenoxy) is 1. The minimum Gasteiger partial charge on any atom is -0.465 e. The smallest absolute Gasteiger partial charge is 0.348 e. The number of methoxy groups -OCH3 is 1. The third kappa shape index (κ3) is 6.04. The largest absolute Gasteiger partial charge is 0.465 e. The molecule has 40 heavy (non-hydrogen) atoms. The fraction of sp³-hybridized carbons (Fsp3) is 0.483. The fourth-order valence-corrected chi connectivity index (χ4v) is 6.40. The van der Waals surface area contributed by atoms with Crippen LogP contribution in [0.2, 0.25) is 0 Å². The topological polar surface area (TPSA) is 114 Å². The number of esters is 1. The van der Waals surface area contributed by atoms with Crippen molar-refractivity contribution in [2.45, 2.75) is 57.9 Å². The van der Waals surface area contributed by atoms with Gasteiger partial charge in [-0.25, -0.2) is 9.78 Å². The molecule has 3 aromatic rings. The molecule has 11 heteroatoms. The van der Waals surface area contributed by atoms with Crippen LogP contribution < -0.4 is 10.2 Å². The number of hydrogen-bond donors (Lipinski definition) is 1. The van der Waals surface area contributed by atoms with E-state index in [1.165, 1.54) is 20.0 Å². The second-order valence-corrected chi connectivity index (χ2v) is 11.6. The molecular weight excluding hydrogens is 530 g/mol. The number of fused-ring (bicyclic) bond motifs is 1. The summed E-state index contributed by atoms with van der Waals surface area (Å²) in [6.07, 6.45) is 7.35. The van der Waals surface area contributed by atoms with Crippen LogP contribution in [0.4, 0.5) is 11.6 Å². The zero-order chi connectivity index (χ0) is 28.2. The van der Waals surface area contributed by atoms with E-state index < -0.39 is 5.97 Å². The first-order chi connectivity index (χ1) is 19.3. The summed E-state index contributed by atoms with van der Waals surface area (Å²) in [7, 11) is 3.09. The van der Waals surface area contributed by atoms with E-state index in [2.05, 4.69) is 5.32 Å². The lowest BCUT2D eigenvalue weighted by molar-refractivity contribution is -0.127. The van der Waals surface area contributed by atoms with Gasteiger partial charge in [-0.1, -0.05) is 12.8 Å². The molecule has 3 heterocycles. The lowest BCUT2D eigenvalue weighted by Crippen LogP contribution is -2.27. The molecule has 212 valence electrons. The highest BCUT2D eigenvalue weighted by Gasteiger charge is 2.23. The van der Waals surface area contributed by atoms with Crippen LogP contribution in [0.3, 0.4) is 0 Å². The van der Waals surface area contributed by atoms with Gasteiger partial charge in [0.25, 0.3) is 5.91 Å². The monoisotopic (exact) mass is 565 g/mol. The predicted octanol–water partition coefficient (Wildman–Crippen LogP) is 4.69. The van der Waals surface area contributed by atoms with E-state index in [0.717, 1.165) is 48.3 Å². The van der Waals surface area contributed by atoms with Crippen molar-refractivity contribution in [2.24, 2.45) is 5.92 Å². The molecule has 3 amide bonds. The van der Waals surface area contributed by atoms with Gasteiger partial charge in [-0.2, -0.15) is 0 Å². The van der Waals surface area contributed by atoms with E-state index in [-0.39, 0.29) is 17.7 Å². The highest BCUT2D eigenvalue weighted by Crippen LogP contribution is 2.30. The number of amides is 3. The molecule has 1 N–H and O–H groups in total. The fourth-order valence-electron chi connectivity index (χ4n) is 5.58. The molecule has 2 fully saturated rings. The molecule has 0 bridgehead atoms. The summed E-state index contributed by atoms with van der Waals surface area (Å²) in [4.78, 5) is 59.0. The Bertz CT molecular complexity index is 1420. The standard InChI is InChI=1S/C29H35N5O5S/c1-32(26(36)17-19-7-3-4-8-19)20-10-11-22-21(18-20)30-29(34(22)16-6-15-33-14-5-9-25(33)35)31-27(37)23-12-13-24(40-23)28(38)39-2/h10-13,18-19H,3-9,14-17H2,1-2H3,(H,30,31,37). The number of nitrogens with one attached hydrogen (secondary N) is 1. The van der Waals surface area contributed by atoms with E-state index in [9.17, 15) is 19.2 Å². The van der Waals surface area contributed by atoms with Crippen molar-refractivity contribution < 1.29 is 23.9 Å². The van der Waals surface area contributed by atoms with E-state index in [1.807, 2.05) is 27.7 Å². The summed E-state index contributed by atoms with van der Waals surface area (Å²) in [5, 5.41) is 2.90. The molecule has 1 aromatic carbocycles. The Labute approximate surface area is 237 Å². The average Bonchev–Trinajstić information content (AvgIpc) is 3.76. The Kier molecular flexibility index (Phi) is 8.49. The molecule has 1 saturated heterocycles. The summed E-state index contributed by atoms with van der Waals surface area (Å²) < 4.78 is 6.69. The molecule has 0 spiro atoms. The van der Waals surface area contributed by atoms with Crippen LogP contribution in [0.5, 0.6) is 0 Å². The number of benzene rings is 1. The van der Waals surface area contributed by atoms with Gasteiger partial charge in [0.15, 0.2) is 0 Å². The molecule has 0 unspecified atom stereocenters. The maximum absolute atomic E-state index is 13.1. The number of rotatable bonds is 10. The molecule has 1 aliphatic carbocycles. The maximum Gasteiger partial charge on any atom is 0.348 e. The predicted molar refractivity (Wildman–Crippen MR) is 154 cm³/mol. The number of aryl methyl sites for hydroxylation is 1. The Hall–Kier alpha value is -3.73. The summed E-state index contributed by atoms with van der Waals surface area (Å²) >= 11 is 1.05. The zero-order valence-electron chi connectivity index (χ0n) is 23.0. The highest BCUT2D eigenvalue weighted by molar-refractivity contribution is 7.16. The molecule has 5 rings (SSSR count). The summed E-state index contributed by atoms with van der Waals surface area (Å²) in [5.41, 5.74) is 2.23. The van der Waals surface area contributed by atoms with Gasteiger partial charge in [0.05, 0.1) is 23.0 Å². The first-order valence-corrected chi connectivity index (χ1v) is 14.7. The summed E-state index contributed by atoms with van der Waals surface area (Å²) in [6, 6.07) is 8.85. The molecule has 10 nitrogen and oxygen atoms in total. The minimum absolute atomic E-state index is 0.0913. The van der Waals surface area contributed by atoms with Crippen molar-refractivity contribution in [1.82, 2.24) is 14.5 Å². The third-order valence-electron chi connectivity index (χ3n) is 7.85. The van der Waals surface area contributed by atoms with Gasteiger partial charge in [0.1, 0.15) is 4.88 Å². The van der Waals surface area contributed by atoms with Crippen LogP contribution in [0.25, 0.3) is 11.0 Å². The van der Waals surface area contributed by atoms with Crippen LogP contribution in [0.1, 0.15) is 70.7 Å². The SMILES string of the molecule is COC(=O)c1ccc(C(=O)Nc2nc3cc(N(C)C(=O)CC4CCCC4)ccc3n2CCCN2CCCC2=O)s1. The number of likely N-dealkylation sites (tertiary alicyclic amines) is 1. The van der Waals surface area contributed by atoms with E-state index in [4.69, 9.17) is 9.72 Å². The minimum atomic E-state index is -0.494. The molecule has 2 aliphatic rings. The molecule has 0 atom stereocenters. The molecule has 1 saturated carbocycles. The lowest BCUT2D eigenvalue weighted by Gasteiger charge is -2.19. The van der Waals surface area contributed by atoms with Crippen molar-refractivity contribution in [1.29, 1.82) is 0 Å². The van der Waals surface area contributed by atoms with E-state index in [0.29, 0.717) is 59.5 Å². The quantitative estimate of drug-likeness (QED) is 0.357. The zero-order valence-corrected chi connectivity index (χ0v) is 23.8. The second-order valence-electron chi connectivity index (χ2n) is 10.5. The Morgan fingerprint density at radius 1 is 1.10 bits per heavy atom. The summed E-state index contributed by atoms with van der Waals surface area (Å²) in [6.45, 7) is 1.96. The molecule has 2 aromatic heterocycles. The van der Waals surface area contributed by atoms with Gasteiger partial charge < -0.3 is 19.1 Å². The van der Waals surface area contributed by atoms with Crippen molar-refractivity contribution in [3.05, 3.63) is 40.1 Å². The van der Waals surface area contributed by atoms with Crippen LogP contribution in [-0.4, -0.2) is 65.4 Å². The molecule has 1 aliphatic heterocycles. The maximum atomic E-state index is 13.1. The number of hydrogen-bond acceptors (Lipinski definition) is 7. The van der Waals surface area contributed by atoms with Gasteiger partial charge in [-0.3, -0.25) is 19.7 Å². The van der Waals surface area contributed by atoms with Crippen LogP contribution >= 0.6 is 11.3 Å². The highest BCUT2D eigenvalue weighted by atomic mass is 32.1. The number of anilines is 2. The normalized spacial score (nSPS) is 15.7. The van der Waals surface area contributed by atoms with Crippen LogP contribution in [0.15, 0.2) is 30.3 Å².